The maximum absolute atomic E-state index is 12.6. The number of aryl methyl sites for hydroxylation is 1. The molecule has 7 nitrogen and oxygen atoms in total. The number of imidazole rings is 1. The van der Waals surface area contributed by atoms with Gasteiger partial charge in [-0.25, -0.2) is 4.98 Å². The first-order valence-corrected chi connectivity index (χ1v) is 9.07. The predicted molar refractivity (Wildman–Crippen MR) is 96.0 cm³/mol. The molecule has 2 heterocycles. The van der Waals surface area contributed by atoms with Gasteiger partial charge in [0.05, 0.1) is 6.33 Å². The van der Waals surface area contributed by atoms with Gasteiger partial charge in [0.15, 0.2) is 5.76 Å². The van der Waals surface area contributed by atoms with Gasteiger partial charge in [0.2, 0.25) is 17.1 Å². The molecule has 0 bridgehead atoms. The van der Waals surface area contributed by atoms with Gasteiger partial charge in [0, 0.05) is 43.4 Å². The Kier molecular flexibility index (Phi) is 5.44. The predicted octanol–water partition coefficient (Wildman–Crippen LogP) is 2.26. The molecule has 0 aliphatic heterocycles. The van der Waals surface area contributed by atoms with Crippen LogP contribution < -0.4 is 10.7 Å². The first-order chi connectivity index (χ1) is 12.5. The number of rotatable bonds is 6. The lowest BCUT2D eigenvalue weighted by molar-refractivity contribution is -0.123. The Hall–Kier alpha value is -2.57. The monoisotopic (exact) mass is 359 g/mol. The van der Waals surface area contributed by atoms with Crippen molar-refractivity contribution < 1.29 is 14.3 Å². The van der Waals surface area contributed by atoms with Crippen LogP contribution in [0.3, 0.4) is 0 Å². The molecule has 1 aliphatic carbocycles. The van der Waals surface area contributed by atoms with Gasteiger partial charge in [0.1, 0.15) is 5.76 Å². The van der Waals surface area contributed by atoms with E-state index >= 15 is 0 Å². The first kappa shape index (κ1) is 18.2. The van der Waals surface area contributed by atoms with Crippen LogP contribution in [0.15, 0.2) is 34.0 Å². The number of hydrogen-bond donors (Lipinski definition) is 2. The Morgan fingerprint density at radius 3 is 2.85 bits per heavy atom. The number of hydrogen-bond acceptors (Lipinski definition) is 5. The second kappa shape index (κ2) is 7.76. The summed E-state index contributed by atoms with van der Waals surface area (Å²) in [6.07, 6.45) is 9.87. The highest BCUT2D eigenvalue weighted by atomic mass is 16.4. The number of amides is 1. The van der Waals surface area contributed by atoms with Crippen LogP contribution in [-0.2, 0) is 16.8 Å². The van der Waals surface area contributed by atoms with Gasteiger partial charge in [-0.15, -0.1) is 0 Å². The minimum atomic E-state index is -0.618. The number of nitrogens with one attached hydrogen (secondary N) is 1. The third kappa shape index (κ3) is 3.98. The second-order valence-electron chi connectivity index (χ2n) is 7.07. The van der Waals surface area contributed by atoms with Crippen LogP contribution >= 0.6 is 0 Å². The van der Waals surface area contributed by atoms with Crippen molar-refractivity contribution in [1.29, 1.82) is 0 Å². The summed E-state index contributed by atoms with van der Waals surface area (Å²) < 4.78 is 7.64. The maximum Gasteiger partial charge on any atom is 0.227 e. The molecule has 0 spiro atoms. The molecule has 140 valence electrons. The molecule has 1 fully saturated rings. The van der Waals surface area contributed by atoms with E-state index in [1.165, 1.54) is 6.07 Å². The van der Waals surface area contributed by atoms with Crippen LogP contribution in [0.2, 0.25) is 0 Å². The lowest BCUT2D eigenvalue weighted by atomic mass is 9.69. The molecule has 0 atom stereocenters. The van der Waals surface area contributed by atoms with Crippen LogP contribution in [-0.4, -0.2) is 27.1 Å². The fourth-order valence-electron chi connectivity index (χ4n) is 3.79. The maximum atomic E-state index is 12.6. The molecule has 26 heavy (non-hydrogen) atoms. The third-order valence-electron chi connectivity index (χ3n) is 5.09. The Labute approximate surface area is 152 Å². The summed E-state index contributed by atoms with van der Waals surface area (Å²) in [5.41, 5.74) is -1.07. The van der Waals surface area contributed by atoms with E-state index in [2.05, 4.69) is 10.3 Å². The van der Waals surface area contributed by atoms with Gasteiger partial charge in [-0.1, -0.05) is 19.3 Å². The molecular weight excluding hydrogens is 334 g/mol. The Morgan fingerprint density at radius 2 is 2.15 bits per heavy atom. The minimum absolute atomic E-state index is 0.101. The van der Waals surface area contributed by atoms with Crippen molar-refractivity contribution in [3.8, 4) is 5.75 Å². The number of aromatic nitrogens is 2. The van der Waals surface area contributed by atoms with E-state index in [0.717, 1.165) is 32.1 Å². The van der Waals surface area contributed by atoms with Crippen molar-refractivity contribution in [2.75, 3.05) is 6.54 Å². The van der Waals surface area contributed by atoms with Crippen LogP contribution in [0, 0.1) is 6.92 Å². The molecule has 3 rings (SSSR count). The van der Waals surface area contributed by atoms with E-state index in [1.54, 1.807) is 19.4 Å². The van der Waals surface area contributed by atoms with Crippen LogP contribution in [0.25, 0.3) is 0 Å². The normalized spacial score (nSPS) is 16.3. The summed E-state index contributed by atoms with van der Waals surface area (Å²) in [6.45, 7) is 2.82. The smallest absolute Gasteiger partial charge is 0.227 e. The Bertz CT molecular complexity index is 805. The van der Waals surface area contributed by atoms with Gasteiger partial charge in [-0.2, -0.15) is 0 Å². The molecular formula is C19H25N3O4. The second-order valence-corrected chi connectivity index (χ2v) is 7.07. The van der Waals surface area contributed by atoms with Crippen molar-refractivity contribution in [2.45, 2.75) is 57.4 Å². The van der Waals surface area contributed by atoms with Crippen molar-refractivity contribution in [3.63, 3.8) is 0 Å². The summed E-state index contributed by atoms with van der Waals surface area (Å²) in [6, 6.07) is 1.28. The van der Waals surface area contributed by atoms with E-state index in [9.17, 15) is 14.7 Å². The molecule has 0 saturated heterocycles. The van der Waals surface area contributed by atoms with Gasteiger partial charge in [-0.05, 0) is 19.8 Å². The minimum Gasteiger partial charge on any atom is -0.502 e. The van der Waals surface area contributed by atoms with Gasteiger partial charge in [-0.3, -0.25) is 9.59 Å². The van der Waals surface area contributed by atoms with E-state index in [1.807, 2.05) is 10.8 Å². The van der Waals surface area contributed by atoms with Gasteiger partial charge < -0.3 is 19.4 Å². The number of nitrogens with zero attached hydrogens (tertiary/aromatic N) is 2. The molecule has 0 aromatic carbocycles. The lowest BCUT2D eigenvalue weighted by Crippen LogP contribution is -2.38. The Morgan fingerprint density at radius 1 is 1.38 bits per heavy atom. The summed E-state index contributed by atoms with van der Waals surface area (Å²) in [4.78, 5) is 28.5. The van der Waals surface area contributed by atoms with Gasteiger partial charge >= 0.3 is 0 Å². The highest BCUT2D eigenvalue weighted by Crippen LogP contribution is 2.44. The summed E-state index contributed by atoms with van der Waals surface area (Å²) in [5, 5.41) is 13.2. The highest BCUT2D eigenvalue weighted by Gasteiger charge is 2.41. The largest absolute Gasteiger partial charge is 0.502 e. The molecule has 1 aliphatic rings. The average molecular weight is 359 g/mol. The van der Waals surface area contributed by atoms with Crippen molar-refractivity contribution in [1.82, 2.24) is 14.9 Å². The lowest BCUT2D eigenvalue weighted by Gasteiger charge is -2.36. The SMILES string of the molecule is Cc1cc(=O)c(O)c(C2(CC(=O)NCCn3ccnc3)CCCCC2)o1. The van der Waals surface area contributed by atoms with E-state index < -0.39 is 10.8 Å². The third-order valence-corrected chi connectivity index (χ3v) is 5.09. The van der Waals surface area contributed by atoms with Crippen molar-refractivity contribution >= 4 is 5.91 Å². The topological polar surface area (TPSA) is 97.4 Å². The number of carbonyl (C=O) groups excluding carboxylic acids is 1. The molecule has 2 N–H and O–H groups in total. The summed E-state index contributed by atoms with van der Waals surface area (Å²) in [7, 11) is 0. The van der Waals surface area contributed by atoms with E-state index in [4.69, 9.17) is 4.42 Å². The quantitative estimate of drug-likeness (QED) is 0.824. The van der Waals surface area contributed by atoms with Gasteiger partial charge in [0.25, 0.3) is 0 Å². The number of aromatic hydroxyl groups is 1. The molecule has 0 radical (unpaired) electrons. The number of carbonyl (C=O) groups is 1. The fourth-order valence-corrected chi connectivity index (χ4v) is 3.79. The van der Waals surface area contributed by atoms with Crippen LogP contribution in [0.1, 0.15) is 50.0 Å². The zero-order valence-electron chi connectivity index (χ0n) is 15.0. The fraction of sp³-hybridized carbons (Fsp3) is 0.526. The molecule has 2 aromatic rings. The van der Waals surface area contributed by atoms with Crippen molar-refractivity contribution in [3.05, 3.63) is 46.5 Å². The van der Waals surface area contributed by atoms with E-state index in [-0.39, 0.29) is 23.8 Å². The standard InChI is InChI=1S/C19H25N3O4/c1-14-11-15(23)17(25)18(26-14)19(5-3-2-4-6-19)12-16(24)21-8-10-22-9-7-20-13-22/h7,9,11,13,25H,2-6,8,10,12H2,1H3,(H,21,24). The molecule has 1 amide bonds. The summed E-state index contributed by atoms with van der Waals surface area (Å²) >= 11 is 0. The average Bonchev–Trinajstić information content (AvgIpc) is 3.12. The molecule has 1 saturated carbocycles. The molecule has 0 unspecified atom stereocenters. The molecule has 7 heteroatoms. The Balaban J connectivity index is 1.75. The van der Waals surface area contributed by atoms with Crippen molar-refractivity contribution in [2.24, 2.45) is 0 Å². The zero-order chi connectivity index (χ0) is 18.6. The van der Waals surface area contributed by atoms with Crippen LogP contribution in [0.5, 0.6) is 5.75 Å². The van der Waals surface area contributed by atoms with E-state index in [0.29, 0.717) is 18.8 Å². The van der Waals surface area contributed by atoms with Crippen LogP contribution in [0.4, 0.5) is 0 Å². The molecule has 2 aromatic heterocycles. The first-order valence-electron chi connectivity index (χ1n) is 9.07. The highest BCUT2D eigenvalue weighted by molar-refractivity contribution is 5.77. The zero-order valence-corrected chi connectivity index (χ0v) is 15.0. The summed E-state index contributed by atoms with van der Waals surface area (Å²) in [5.74, 6) is 0.263.